The number of ketones is 1. The molecule has 0 saturated carbocycles. The maximum atomic E-state index is 12.5. The fourth-order valence-electron chi connectivity index (χ4n) is 3.17. The first-order chi connectivity index (χ1) is 11.5. The first-order valence-corrected chi connectivity index (χ1v) is 7.79. The minimum Gasteiger partial charge on any atom is -0.339 e. The fraction of sp³-hybridized carbons (Fsp3) is 0.211. The van der Waals surface area contributed by atoms with Gasteiger partial charge >= 0.3 is 0 Å². The average Bonchev–Trinajstić information content (AvgIpc) is 2.60. The lowest BCUT2D eigenvalue weighted by Gasteiger charge is -2.38. The molecule has 5 heteroatoms. The van der Waals surface area contributed by atoms with Gasteiger partial charge in [0, 0.05) is 35.5 Å². The van der Waals surface area contributed by atoms with Crippen molar-refractivity contribution in [2.75, 3.05) is 4.90 Å². The van der Waals surface area contributed by atoms with Crippen LogP contribution in [0.3, 0.4) is 0 Å². The predicted molar refractivity (Wildman–Crippen MR) is 92.7 cm³/mol. The maximum Gasteiger partial charge on any atom is 0.269 e. The van der Waals surface area contributed by atoms with Crippen molar-refractivity contribution in [2.45, 2.75) is 19.9 Å². The summed E-state index contributed by atoms with van der Waals surface area (Å²) in [6.45, 7) is 3.72. The zero-order valence-corrected chi connectivity index (χ0v) is 13.5. The number of anilines is 1. The van der Waals surface area contributed by atoms with Gasteiger partial charge in [-0.2, -0.15) is 0 Å². The first kappa shape index (κ1) is 15.9. The third kappa shape index (κ3) is 2.80. The highest BCUT2D eigenvalue weighted by Crippen LogP contribution is 2.38. The Balaban J connectivity index is 2.07. The third-order valence-corrected chi connectivity index (χ3v) is 4.41. The van der Waals surface area contributed by atoms with Gasteiger partial charge in [-0.1, -0.05) is 37.3 Å². The van der Waals surface area contributed by atoms with Crippen molar-refractivity contribution in [2.24, 2.45) is 5.92 Å². The lowest BCUT2D eigenvalue weighted by Crippen LogP contribution is -2.37. The molecule has 0 aliphatic carbocycles. The normalized spacial score (nSPS) is 20.7. The Morgan fingerprint density at radius 1 is 1.04 bits per heavy atom. The van der Waals surface area contributed by atoms with E-state index in [0.29, 0.717) is 5.57 Å². The Bertz CT molecular complexity index is 797. The molecule has 0 bridgehead atoms. The molecule has 0 amide bonds. The Morgan fingerprint density at radius 2 is 1.67 bits per heavy atom. The molecule has 2 atom stereocenters. The van der Waals surface area contributed by atoms with Crippen LogP contribution in [0, 0.1) is 16.0 Å². The summed E-state index contributed by atoms with van der Waals surface area (Å²) >= 11 is 0. The predicted octanol–water partition coefficient (Wildman–Crippen LogP) is 4.27. The highest BCUT2D eigenvalue weighted by molar-refractivity contribution is 5.99. The number of nitro benzene ring substituents is 1. The highest BCUT2D eigenvalue weighted by atomic mass is 16.6. The molecule has 2 aromatic carbocycles. The molecule has 0 saturated heterocycles. The van der Waals surface area contributed by atoms with E-state index >= 15 is 0 Å². The van der Waals surface area contributed by atoms with Crippen LogP contribution in [0.1, 0.15) is 25.5 Å². The Labute approximate surface area is 140 Å². The summed E-state index contributed by atoms with van der Waals surface area (Å²) in [5.41, 5.74) is 2.63. The van der Waals surface area contributed by atoms with Crippen LogP contribution < -0.4 is 4.90 Å². The largest absolute Gasteiger partial charge is 0.339 e. The number of benzene rings is 2. The van der Waals surface area contributed by atoms with Gasteiger partial charge in [0.05, 0.1) is 11.0 Å². The van der Waals surface area contributed by atoms with Crippen LogP contribution in [-0.4, -0.2) is 10.7 Å². The summed E-state index contributed by atoms with van der Waals surface area (Å²) in [5.74, 6) is -0.137. The molecule has 24 heavy (non-hydrogen) atoms. The minimum atomic E-state index is -0.418. The number of carbonyl (C=O) groups excluding carboxylic acids is 1. The van der Waals surface area contributed by atoms with Gasteiger partial charge in [-0.3, -0.25) is 14.9 Å². The second-order valence-electron chi connectivity index (χ2n) is 6.00. The van der Waals surface area contributed by atoms with Crippen LogP contribution in [0.15, 0.2) is 66.4 Å². The van der Waals surface area contributed by atoms with Gasteiger partial charge in [0.1, 0.15) is 0 Å². The maximum absolute atomic E-state index is 12.5. The number of para-hydroxylation sites is 1. The van der Waals surface area contributed by atoms with E-state index in [-0.39, 0.29) is 23.4 Å². The molecule has 3 rings (SSSR count). The number of allylic oxidation sites excluding steroid dienone is 1. The van der Waals surface area contributed by atoms with Crippen molar-refractivity contribution < 1.29 is 9.72 Å². The number of hydrogen-bond acceptors (Lipinski definition) is 4. The van der Waals surface area contributed by atoms with Gasteiger partial charge in [-0.25, -0.2) is 0 Å². The van der Waals surface area contributed by atoms with E-state index in [1.807, 2.05) is 50.4 Å². The van der Waals surface area contributed by atoms with Gasteiger partial charge in [0.15, 0.2) is 5.78 Å². The van der Waals surface area contributed by atoms with Crippen molar-refractivity contribution in [3.8, 4) is 0 Å². The smallest absolute Gasteiger partial charge is 0.269 e. The van der Waals surface area contributed by atoms with E-state index in [1.165, 1.54) is 12.1 Å². The Hall–Kier alpha value is -2.95. The molecule has 1 heterocycles. The van der Waals surface area contributed by atoms with E-state index < -0.39 is 4.92 Å². The van der Waals surface area contributed by atoms with Crippen LogP contribution in [-0.2, 0) is 4.79 Å². The Kier molecular flexibility index (Phi) is 4.16. The van der Waals surface area contributed by atoms with Gasteiger partial charge in [-0.05, 0) is 24.6 Å². The Morgan fingerprint density at radius 3 is 2.25 bits per heavy atom. The van der Waals surface area contributed by atoms with Crippen LogP contribution in [0.2, 0.25) is 0 Å². The SMILES string of the molecule is CC1=CN(c2ccccc2)C(c2ccc([N+](=O)[O-])cc2)C(C)C1=O. The molecule has 0 aromatic heterocycles. The summed E-state index contributed by atoms with van der Waals surface area (Å²) in [6.07, 6.45) is 1.86. The molecular formula is C19H18N2O3. The third-order valence-electron chi connectivity index (χ3n) is 4.41. The molecule has 0 N–H and O–H groups in total. The number of nitro groups is 1. The zero-order chi connectivity index (χ0) is 17.3. The summed E-state index contributed by atoms with van der Waals surface area (Å²) in [6, 6.07) is 16.1. The number of carbonyl (C=O) groups is 1. The molecule has 0 spiro atoms. The summed E-state index contributed by atoms with van der Waals surface area (Å²) in [7, 11) is 0. The molecule has 0 radical (unpaired) electrons. The monoisotopic (exact) mass is 322 g/mol. The number of Topliss-reactive ketones (excluding diaryl/α,β-unsaturated/α-hetero) is 1. The second kappa shape index (κ2) is 6.28. The lowest BCUT2D eigenvalue weighted by atomic mass is 9.84. The molecule has 0 fully saturated rings. The van der Waals surface area contributed by atoms with Crippen LogP contribution in [0.25, 0.3) is 0 Å². The van der Waals surface area contributed by atoms with Crippen molar-refractivity contribution in [3.05, 3.63) is 82.0 Å². The van der Waals surface area contributed by atoms with Crippen molar-refractivity contribution in [1.82, 2.24) is 0 Å². The minimum absolute atomic E-state index is 0.0477. The van der Waals surface area contributed by atoms with Crippen molar-refractivity contribution in [3.63, 3.8) is 0 Å². The zero-order valence-electron chi connectivity index (χ0n) is 13.5. The standard InChI is InChI=1S/C19H18N2O3/c1-13-12-20(16-6-4-3-5-7-16)18(14(2)19(13)22)15-8-10-17(11-9-15)21(23)24/h3-12,14,18H,1-2H3. The van der Waals surface area contributed by atoms with Crippen molar-refractivity contribution >= 4 is 17.2 Å². The number of non-ortho nitro benzene ring substituents is 1. The van der Waals surface area contributed by atoms with Crippen LogP contribution in [0.4, 0.5) is 11.4 Å². The van der Waals surface area contributed by atoms with E-state index in [4.69, 9.17) is 0 Å². The fourth-order valence-corrected chi connectivity index (χ4v) is 3.17. The van der Waals surface area contributed by atoms with E-state index in [2.05, 4.69) is 4.90 Å². The molecule has 2 unspecified atom stereocenters. The molecular weight excluding hydrogens is 304 g/mol. The van der Waals surface area contributed by atoms with Gasteiger partial charge in [0.25, 0.3) is 5.69 Å². The topological polar surface area (TPSA) is 63.4 Å². The lowest BCUT2D eigenvalue weighted by molar-refractivity contribution is -0.384. The van der Waals surface area contributed by atoms with Crippen LogP contribution >= 0.6 is 0 Å². The first-order valence-electron chi connectivity index (χ1n) is 7.79. The van der Waals surface area contributed by atoms with Gasteiger partial charge < -0.3 is 4.90 Å². The van der Waals surface area contributed by atoms with E-state index in [9.17, 15) is 14.9 Å². The summed E-state index contributed by atoms with van der Waals surface area (Å²) in [4.78, 5) is 25.0. The molecule has 1 aliphatic heterocycles. The number of hydrogen-bond donors (Lipinski definition) is 0. The average molecular weight is 322 g/mol. The quantitative estimate of drug-likeness (QED) is 0.625. The molecule has 122 valence electrons. The second-order valence-corrected chi connectivity index (χ2v) is 6.00. The van der Waals surface area contributed by atoms with Crippen LogP contribution in [0.5, 0.6) is 0 Å². The molecule has 1 aliphatic rings. The van der Waals surface area contributed by atoms with E-state index in [0.717, 1.165) is 11.3 Å². The van der Waals surface area contributed by atoms with E-state index in [1.54, 1.807) is 12.1 Å². The summed E-state index contributed by atoms with van der Waals surface area (Å²) in [5, 5.41) is 10.9. The highest BCUT2D eigenvalue weighted by Gasteiger charge is 2.35. The van der Waals surface area contributed by atoms with Gasteiger partial charge in [0.2, 0.25) is 0 Å². The van der Waals surface area contributed by atoms with Crippen molar-refractivity contribution in [1.29, 1.82) is 0 Å². The molecule has 5 nitrogen and oxygen atoms in total. The molecule has 2 aromatic rings. The summed E-state index contributed by atoms with van der Waals surface area (Å²) < 4.78 is 0. The number of nitrogens with zero attached hydrogens (tertiary/aromatic N) is 2. The van der Waals surface area contributed by atoms with Gasteiger partial charge in [-0.15, -0.1) is 0 Å². The number of rotatable bonds is 3.